The summed E-state index contributed by atoms with van der Waals surface area (Å²) in [5.41, 5.74) is 1.83. The Hall–Kier alpha value is -1.85. The Morgan fingerprint density at radius 2 is 1.85 bits per heavy atom. The number of carbonyl (C=O) groups excluding carboxylic acids is 2. The molecular formula is C21H24BrClN2O2. The number of nitrogens with zero attached hydrogens (tertiary/aromatic N) is 1. The van der Waals surface area contributed by atoms with Crippen molar-refractivity contribution in [3.05, 3.63) is 69.2 Å². The number of amides is 2. The highest BCUT2D eigenvalue weighted by Crippen LogP contribution is 2.17. The minimum absolute atomic E-state index is 0.101. The number of rotatable bonds is 8. The largest absolute Gasteiger partial charge is 0.354 e. The van der Waals surface area contributed by atoms with E-state index >= 15 is 0 Å². The summed E-state index contributed by atoms with van der Waals surface area (Å²) in [6.07, 6.45) is 1.07. The summed E-state index contributed by atoms with van der Waals surface area (Å²) < 4.78 is 0.938. The Kier molecular flexibility index (Phi) is 8.32. The van der Waals surface area contributed by atoms with Gasteiger partial charge in [0.25, 0.3) is 0 Å². The SMILES string of the molecule is CCCNC(=O)[C@H](C)N(Cc1cccc(Br)c1)C(=O)Cc1ccc(Cl)cc1. The van der Waals surface area contributed by atoms with Gasteiger partial charge in [0.1, 0.15) is 6.04 Å². The molecule has 0 saturated carbocycles. The highest BCUT2D eigenvalue weighted by Gasteiger charge is 2.26. The first-order valence-electron chi connectivity index (χ1n) is 8.96. The quantitative estimate of drug-likeness (QED) is 0.638. The Labute approximate surface area is 174 Å². The van der Waals surface area contributed by atoms with Crippen molar-refractivity contribution in [1.29, 1.82) is 0 Å². The molecule has 0 heterocycles. The van der Waals surface area contributed by atoms with Gasteiger partial charge in [0.05, 0.1) is 6.42 Å². The van der Waals surface area contributed by atoms with E-state index in [9.17, 15) is 9.59 Å². The van der Waals surface area contributed by atoms with E-state index in [4.69, 9.17) is 11.6 Å². The summed E-state index contributed by atoms with van der Waals surface area (Å²) in [5, 5.41) is 3.51. The molecule has 0 aromatic heterocycles. The van der Waals surface area contributed by atoms with Crippen molar-refractivity contribution in [3.63, 3.8) is 0 Å². The van der Waals surface area contributed by atoms with Crippen LogP contribution in [0, 0.1) is 0 Å². The van der Waals surface area contributed by atoms with Crippen LogP contribution in [0.3, 0.4) is 0 Å². The average molecular weight is 452 g/mol. The summed E-state index contributed by atoms with van der Waals surface area (Å²) in [7, 11) is 0. The van der Waals surface area contributed by atoms with Gasteiger partial charge in [-0.15, -0.1) is 0 Å². The van der Waals surface area contributed by atoms with Gasteiger partial charge < -0.3 is 10.2 Å². The van der Waals surface area contributed by atoms with E-state index in [-0.39, 0.29) is 18.2 Å². The second-order valence-corrected chi connectivity index (χ2v) is 7.77. The molecule has 0 unspecified atom stereocenters. The van der Waals surface area contributed by atoms with Gasteiger partial charge in [-0.3, -0.25) is 9.59 Å². The molecule has 27 heavy (non-hydrogen) atoms. The Morgan fingerprint density at radius 1 is 1.15 bits per heavy atom. The summed E-state index contributed by atoms with van der Waals surface area (Å²) in [5.74, 6) is -0.243. The van der Waals surface area contributed by atoms with Crippen LogP contribution in [0.15, 0.2) is 53.0 Å². The second-order valence-electron chi connectivity index (χ2n) is 6.42. The van der Waals surface area contributed by atoms with E-state index in [2.05, 4.69) is 21.2 Å². The molecule has 0 aliphatic rings. The first-order valence-corrected chi connectivity index (χ1v) is 10.1. The van der Waals surface area contributed by atoms with Crippen molar-refractivity contribution in [2.75, 3.05) is 6.54 Å². The lowest BCUT2D eigenvalue weighted by atomic mass is 10.1. The molecule has 144 valence electrons. The summed E-state index contributed by atoms with van der Waals surface area (Å²) >= 11 is 9.38. The highest BCUT2D eigenvalue weighted by atomic mass is 79.9. The lowest BCUT2D eigenvalue weighted by molar-refractivity contribution is -0.140. The number of hydrogen-bond donors (Lipinski definition) is 1. The van der Waals surface area contributed by atoms with Crippen LogP contribution in [-0.2, 0) is 22.6 Å². The molecule has 1 atom stereocenters. The average Bonchev–Trinajstić information content (AvgIpc) is 2.65. The van der Waals surface area contributed by atoms with E-state index in [1.54, 1.807) is 24.0 Å². The third kappa shape index (κ3) is 6.67. The third-order valence-electron chi connectivity index (χ3n) is 4.23. The summed E-state index contributed by atoms with van der Waals surface area (Å²) in [6, 6.07) is 14.4. The second kappa shape index (κ2) is 10.5. The minimum Gasteiger partial charge on any atom is -0.354 e. The van der Waals surface area contributed by atoms with Crippen LogP contribution >= 0.6 is 27.5 Å². The lowest BCUT2D eigenvalue weighted by Gasteiger charge is -2.29. The maximum atomic E-state index is 13.0. The Morgan fingerprint density at radius 3 is 2.48 bits per heavy atom. The van der Waals surface area contributed by atoms with Crippen molar-refractivity contribution in [3.8, 4) is 0 Å². The molecule has 0 spiro atoms. The fraction of sp³-hybridized carbons (Fsp3) is 0.333. The van der Waals surface area contributed by atoms with E-state index in [0.29, 0.717) is 18.1 Å². The van der Waals surface area contributed by atoms with Crippen LogP contribution in [0.1, 0.15) is 31.4 Å². The standard InChI is InChI=1S/C21H24BrClN2O2/c1-3-11-24-21(27)15(2)25(14-17-5-4-6-18(22)12-17)20(26)13-16-7-9-19(23)10-8-16/h4-10,12,15H,3,11,13-14H2,1-2H3,(H,24,27)/t15-/m0/s1. The van der Waals surface area contributed by atoms with Crippen molar-refractivity contribution in [1.82, 2.24) is 10.2 Å². The zero-order valence-electron chi connectivity index (χ0n) is 15.5. The maximum Gasteiger partial charge on any atom is 0.242 e. The molecule has 0 radical (unpaired) electrons. The predicted molar refractivity (Wildman–Crippen MR) is 113 cm³/mol. The predicted octanol–water partition coefficient (Wildman–Crippen LogP) is 4.59. The van der Waals surface area contributed by atoms with Crippen molar-refractivity contribution >= 4 is 39.3 Å². The zero-order valence-corrected chi connectivity index (χ0v) is 17.9. The molecule has 0 aliphatic carbocycles. The minimum atomic E-state index is -0.560. The van der Waals surface area contributed by atoms with Gasteiger partial charge in [-0.05, 0) is 48.7 Å². The summed E-state index contributed by atoms with van der Waals surface area (Å²) in [6.45, 7) is 4.73. The van der Waals surface area contributed by atoms with Gasteiger partial charge in [-0.2, -0.15) is 0 Å². The molecule has 6 heteroatoms. The monoisotopic (exact) mass is 450 g/mol. The van der Waals surface area contributed by atoms with E-state index in [1.807, 2.05) is 43.3 Å². The van der Waals surface area contributed by atoms with Crippen molar-refractivity contribution < 1.29 is 9.59 Å². The normalized spacial score (nSPS) is 11.7. The molecule has 0 fully saturated rings. The van der Waals surface area contributed by atoms with Gasteiger partial charge >= 0.3 is 0 Å². The number of benzene rings is 2. The molecule has 0 saturated heterocycles. The first-order chi connectivity index (χ1) is 12.9. The fourth-order valence-corrected chi connectivity index (χ4v) is 3.26. The molecular weight excluding hydrogens is 428 g/mol. The van der Waals surface area contributed by atoms with Crippen LogP contribution < -0.4 is 5.32 Å². The topological polar surface area (TPSA) is 49.4 Å². The van der Waals surface area contributed by atoms with Gasteiger partial charge in [-0.1, -0.05) is 58.7 Å². The summed E-state index contributed by atoms with van der Waals surface area (Å²) in [4.78, 5) is 27.1. The molecule has 0 aliphatic heterocycles. The number of hydrogen-bond acceptors (Lipinski definition) is 2. The number of halogens is 2. The number of nitrogens with one attached hydrogen (secondary N) is 1. The lowest BCUT2D eigenvalue weighted by Crippen LogP contribution is -2.48. The Balaban J connectivity index is 2.20. The van der Waals surface area contributed by atoms with E-state index < -0.39 is 6.04 Å². The maximum absolute atomic E-state index is 13.0. The third-order valence-corrected chi connectivity index (χ3v) is 4.97. The first kappa shape index (κ1) is 21.5. The van der Waals surface area contributed by atoms with Crippen LogP contribution in [0.5, 0.6) is 0 Å². The van der Waals surface area contributed by atoms with Gasteiger partial charge in [0.15, 0.2) is 0 Å². The molecule has 1 N–H and O–H groups in total. The number of carbonyl (C=O) groups is 2. The highest BCUT2D eigenvalue weighted by molar-refractivity contribution is 9.10. The molecule has 0 bridgehead atoms. The fourth-order valence-electron chi connectivity index (χ4n) is 2.69. The van der Waals surface area contributed by atoms with Gasteiger partial charge in [0.2, 0.25) is 11.8 Å². The van der Waals surface area contributed by atoms with Crippen LogP contribution in [0.2, 0.25) is 5.02 Å². The smallest absolute Gasteiger partial charge is 0.242 e. The van der Waals surface area contributed by atoms with Crippen LogP contribution in [0.4, 0.5) is 0 Å². The van der Waals surface area contributed by atoms with Crippen LogP contribution in [-0.4, -0.2) is 29.3 Å². The Bertz CT molecular complexity index is 780. The van der Waals surface area contributed by atoms with Crippen molar-refractivity contribution in [2.45, 2.75) is 39.3 Å². The van der Waals surface area contributed by atoms with Crippen molar-refractivity contribution in [2.24, 2.45) is 0 Å². The van der Waals surface area contributed by atoms with E-state index in [1.165, 1.54) is 0 Å². The van der Waals surface area contributed by atoms with E-state index in [0.717, 1.165) is 22.0 Å². The van der Waals surface area contributed by atoms with Gasteiger partial charge in [-0.25, -0.2) is 0 Å². The molecule has 4 nitrogen and oxygen atoms in total. The zero-order chi connectivity index (χ0) is 19.8. The molecule has 2 aromatic rings. The van der Waals surface area contributed by atoms with Crippen LogP contribution in [0.25, 0.3) is 0 Å². The molecule has 2 rings (SSSR count). The molecule has 2 amide bonds. The van der Waals surface area contributed by atoms with Gasteiger partial charge in [0, 0.05) is 22.6 Å². The molecule has 2 aromatic carbocycles.